The molecule has 22 heavy (non-hydrogen) atoms. The summed E-state index contributed by atoms with van der Waals surface area (Å²) in [7, 11) is 3.14. The van der Waals surface area contributed by atoms with Gasteiger partial charge in [-0.1, -0.05) is 25.4 Å². The van der Waals surface area contributed by atoms with Crippen molar-refractivity contribution in [1.29, 1.82) is 0 Å². The van der Waals surface area contributed by atoms with E-state index < -0.39 is 0 Å². The number of nitrogens with one attached hydrogen (secondary N) is 1. The van der Waals surface area contributed by atoms with Crippen molar-refractivity contribution < 1.29 is 14.3 Å². The summed E-state index contributed by atoms with van der Waals surface area (Å²) in [6.07, 6.45) is 1.26. The molecule has 5 nitrogen and oxygen atoms in total. The van der Waals surface area contributed by atoms with Crippen molar-refractivity contribution in [2.75, 3.05) is 26.0 Å². The Kier molecular flexibility index (Phi) is 7.18. The molecule has 0 saturated heterocycles. The van der Waals surface area contributed by atoms with E-state index in [9.17, 15) is 9.59 Å². The van der Waals surface area contributed by atoms with E-state index in [0.29, 0.717) is 28.8 Å². The highest BCUT2D eigenvalue weighted by atomic mass is 35.5. The molecule has 0 fully saturated rings. The molecule has 1 rings (SSSR count). The van der Waals surface area contributed by atoms with E-state index in [1.54, 1.807) is 25.2 Å². The lowest BCUT2D eigenvalue weighted by atomic mass is 10.1. The Morgan fingerprint density at radius 1 is 1.36 bits per heavy atom. The molecule has 1 N–H and O–H groups in total. The maximum atomic E-state index is 12.0. The number of likely N-dealkylation sites (N-methyl/N-ethyl adjacent to an activating group) is 1. The minimum atomic E-state index is -0.291. The van der Waals surface area contributed by atoms with Gasteiger partial charge in [-0.2, -0.15) is 0 Å². The molecule has 1 aromatic carbocycles. The Hall–Kier alpha value is -1.75. The molecular weight excluding hydrogens is 304 g/mol. The third kappa shape index (κ3) is 5.93. The van der Waals surface area contributed by atoms with E-state index in [2.05, 4.69) is 19.2 Å². The number of rotatable bonds is 7. The van der Waals surface area contributed by atoms with E-state index in [4.69, 9.17) is 16.3 Å². The zero-order valence-electron chi connectivity index (χ0n) is 13.5. The van der Waals surface area contributed by atoms with Gasteiger partial charge < -0.3 is 15.0 Å². The molecule has 0 saturated carbocycles. The zero-order chi connectivity index (χ0) is 16.7. The third-order valence-corrected chi connectivity index (χ3v) is 3.41. The molecule has 0 aliphatic rings. The molecule has 2 amide bonds. The van der Waals surface area contributed by atoms with Crippen molar-refractivity contribution in [3.05, 3.63) is 23.2 Å². The van der Waals surface area contributed by atoms with E-state index in [1.807, 2.05) is 0 Å². The molecule has 122 valence electrons. The number of hydrogen-bond donors (Lipinski definition) is 1. The number of anilines is 1. The van der Waals surface area contributed by atoms with Crippen LogP contribution in [0, 0.1) is 5.92 Å². The fourth-order valence-corrected chi connectivity index (χ4v) is 2.05. The van der Waals surface area contributed by atoms with Crippen LogP contribution in [0.15, 0.2) is 18.2 Å². The highest BCUT2D eigenvalue weighted by Gasteiger charge is 2.15. The third-order valence-electron chi connectivity index (χ3n) is 3.18. The molecule has 0 aliphatic heterocycles. The molecule has 0 heterocycles. The number of benzene rings is 1. The van der Waals surface area contributed by atoms with E-state index >= 15 is 0 Å². The van der Waals surface area contributed by atoms with Gasteiger partial charge in [0.15, 0.2) is 0 Å². The first kappa shape index (κ1) is 18.3. The van der Waals surface area contributed by atoms with Gasteiger partial charge in [-0.25, -0.2) is 0 Å². The molecule has 0 unspecified atom stereocenters. The summed E-state index contributed by atoms with van der Waals surface area (Å²) < 4.78 is 5.16. The Morgan fingerprint density at radius 2 is 2.05 bits per heavy atom. The van der Waals surface area contributed by atoms with Crippen molar-refractivity contribution in [2.24, 2.45) is 5.92 Å². The summed E-state index contributed by atoms with van der Waals surface area (Å²) in [6.45, 7) is 4.11. The van der Waals surface area contributed by atoms with Crippen molar-refractivity contribution >= 4 is 29.1 Å². The first-order valence-electron chi connectivity index (χ1n) is 7.20. The fourth-order valence-electron chi connectivity index (χ4n) is 1.87. The summed E-state index contributed by atoms with van der Waals surface area (Å²) >= 11 is 5.91. The fraction of sp³-hybridized carbons (Fsp3) is 0.500. The number of nitrogens with zero attached hydrogens (tertiary/aromatic N) is 1. The van der Waals surface area contributed by atoms with E-state index in [-0.39, 0.29) is 18.4 Å². The maximum Gasteiger partial charge on any atom is 0.244 e. The highest BCUT2D eigenvalue weighted by molar-refractivity contribution is 6.31. The number of carbonyl (C=O) groups excluding carboxylic acids is 2. The number of ether oxygens (including phenoxy) is 1. The summed E-state index contributed by atoms with van der Waals surface area (Å²) in [5, 5.41) is 3.21. The van der Waals surface area contributed by atoms with Gasteiger partial charge in [-0.3, -0.25) is 9.59 Å². The summed E-state index contributed by atoms with van der Waals surface area (Å²) in [5.74, 6) is 0.649. The summed E-state index contributed by atoms with van der Waals surface area (Å²) in [5.41, 5.74) is 0.489. The van der Waals surface area contributed by atoms with Gasteiger partial charge in [0.05, 0.1) is 19.3 Å². The van der Waals surface area contributed by atoms with Gasteiger partial charge in [0.2, 0.25) is 11.8 Å². The minimum Gasteiger partial charge on any atom is -0.495 e. The monoisotopic (exact) mass is 326 g/mol. The SMILES string of the molecule is COc1ccc(Cl)cc1NC(=O)CN(C)C(=O)CCC(C)C. The first-order chi connectivity index (χ1) is 10.3. The topological polar surface area (TPSA) is 58.6 Å². The molecule has 0 aromatic heterocycles. The Balaban J connectivity index is 2.59. The highest BCUT2D eigenvalue weighted by Crippen LogP contribution is 2.27. The summed E-state index contributed by atoms with van der Waals surface area (Å²) in [6, 6.07) is 4.96. The lowest BCUT2D eigenvalue weighted by molar-refractivity contribution is -0.133. The van der Waals surface area contributed by atoms with Crippen LogP contribution in [0.3, 0.4) is 0 Å². The van der Waals surface area contributed by atoms with Crippen molar-refractivity contribution in [1.82, 2.24) is 4.90 Å². The van der Waals surface area contributed by atoms with Gasteiger partial charge >= 0.3 is 0 Å². The van der Waals surface area contributed by atoms with Crippen LogP contribution >= 0.6 is 11.6 Å². The van der Waals surface area contributed by atoms with Crippen molar-refractivity contribution in [3.8, 4) is 5.75 Å². The number of methoxy groups -OCH3 is 1. The Labute approximate surface area is 136 Å². The average Bonchev–Trinajstić information content (AvgIpc) is 2.44. The molecule has 0 spiro atoms. The van der Waals surface area contributed by atoms with Crippen LogP contribution in [0.5, 0.6) is 5.75 Å². The number of hydrogen-bond acceptors (Lipinski definition) is 3. The molecule has 6 heteroatoms. The average molecular weight is 327 g/mol. The maximum absolute atomic E-state index is 12.0. The second-order valence-corrected chi connectivity index (χ2v) is 6.01. The normalized spacial score (nSPS) is 10.5. The minimum absolute atomic E-state index is 0.00735. The van der Waals surface area contributed by atoms with Crippen LogP contribution in [0.25, 0.3) is 0 Å². The second kappa shape index (κ2) is 8.63. The van der Waals surface area contributed by atoms with Crippen LogP contribution < -0.4 is 10.1 Å². The lowest BCUT2D eigenvalue weighted by Gasteiger charge is -2.18. The van der Waals surface area contributed by atoms with Gasteiger partial charge in [0.1, 0.15) is 5.75 Å². The van der Waals surface area contributed by atoms with Crippen LogP contribution in [0.4, 0.5) is 5.69 Å². The Morgan fingerprint density at radius 3 is 2.64 bits per heavy atom. The lowest BCUT2D eigenvalue weighted by Crippen LogP contribution is -2.35. The van der Waals surface area contributed by atoms with Crippen LogP contribution in [0.2, 0.25) is 5.02 Å². The number of halogens is 1. The first-order valence-corrected chi connectivity index (χ1v) is 7.58. The molecule has 1 aromatic rings. The van der Waals surface area contributed by atoms with E-state index in [0.717, 1.165) is 6.42 Å². The summed E-state index contributed by atoms with van der Waals surface area (Å²) in [4.78, 5) is 25.4. The number of carbonyl (C=O) groups is 2. The molecule has 0 atom stereocenters. The largest absolute Gasteiger partial charge is 0.495 e. The number of amides is 2. The van der Waals surface area contributed by atoms with Gasteiger partial charge in [-0.05, 0) is 30.5 Å². The van der Waals surface area contributed by atoms with Crippen molar-refractivity contribution in [2.45, 2.75) is 26.7 Å². The molecule has 0 radical (unpaired) electrons. The van der Waals surface area contributed by atoms with Crippen LogP contribution in [-0.2, 0) is 9.59 Å². The molecular formula is C16H23ClN2O3. The van der Waals surface area contributed by atoms with Crippen LogP contribution in [-0.4, -0.2) is 37.4 Å². The second-order valence-electron chi connectivity index (χ2n) is 5.58. The predicted molar refractivity (Wildman–Crippen MR) is 88.3 cm³/mol. The van der Waals surface area contributed by atoms with Gasteiger partial charge in [-0.15, -0.1) is 0 Å². The smallest absolute Gasteiger partial charge is 0.244 e. The quantitative estimate of drug-likeness (QED) is 0.837. The molecule has 0 aliphatic carbocycles. The molecule has 0 bridgehead atoms. The Bertz CT molecular complexity index is 532. The predicted octanol–water partition coefficient (Wildman–Crippen LogP) is 3.18. The zero-order valence-corrected chi connectivity index (χ0v) is 14.2. The van der Waals surface area contributed by atoms with Crippen molar-refractivity contribution in [3.63, 3.8) is 0 Å². The van der Waals surface area contributed by atoms with Gasteiger partial charge in [0, 0.05) is 18.5 Å². The van der Waals surface area contributed by atoms with Gasteiger partial charge in [0.25, 0.3) is 0 Å². The standard InChI is InChI=1S/C16H23ClN2O3/c1-11(2)5-8-16(21)19(3)10-15(20)18-13-9-12(17)6-7-14(13)22-4/h6-7,9,11H,5,8,10H2,1-4H3,(H,18,20). The van der Waals surface area contributed by atoms with Crippen LogP contribution in [0.1, 0.15) is 26.7 Å². The van der Waals surface area contributed by atoms with E-state index in [1.165, 1.54) is 12.0 Å².